The molecule has 3 N–H and O–H groups in total. The van der Waals surface area contributed by atoms with Gasteiger partial charge in [-0.05, 0) is 74.8 Å². The number of furan rings is 1. The van der Waals surface area contributed by atoms with E-state index in [0.717, 1.165) is 24.3 Å². The van der Waals surface area contributed by atoms with E-state index < -0.39 is 0 Å². The summed E-state index contributed by atoms with van der Waals surface area (Å²) in [5.41, 5.74) is 9.43. The zero-order valence-electron chi connectivity index (χ0n) is 14.6. The molecule has 0 saturated carbocycles. The second-order valence-corrected chi connectivity index (χ2v) is 6.53. The second-order valence-electron chi connectivity index (χ2n) is 6.53. The van der Waals surface area contributed by atoms with Crippen LogP contribution in [0.1, 0.15) is 30.1 Å². The zero-order valence-corrected chi connectivity index (χ0v) is 16.3. The normalized spacial score (nSPS) is 16.3. The van der Waals surface area contributed by atoms with Crippen LogP contribution in [-0.4, -0.2) is 35.9 Å². The number of aromatic amines is 1. The Balaban J connectivity index is 0.00000121. The number of nitrogens with two attached hydrogens (primary N) is 1. The number of nitrogens with zero attached hydrogens (tertiary/aromatic N) is 2. The number of likely N-dealkylation sites (tertiary alicyclic amines) is 1. The van der Waals surface area contributed by atoms with Gasteiger partial charge in [0, 0.05) is 17.1 Å². The first-order valence-corrected chi connectivity index (χ1v) is 8.38. The number of hydrogen-bond donors (Lipinski definition) is 2. The Hall–Kier alpha value is -1.95. The summed E-state index contributed by atoms with van der Waals surface area (Å²) in [5.74, 6) is 1.60. The van der Waals surface area contributed by atoms with Crippen LogP contribution in [0, 0.1) is 0 Å². The summed E-state index contributed by atoms with van der Waals surface area (Å²) < 4.78 is 5.30. The fraction of sp³-hybridized carbons (Fsp3) is 0.316. The number of rotatable bonds is 3. The summed E-state index contributed by atoms with van der Waals surface area (Å²) in [6.07, 6.45) is 6.16. The van der Waals surface area contributed by atoms with Gasteiger partial charge in [-0.25, -0.2) is 4.99 Å². The van der Waals surface area contributed by atoms with Crippen LogP contribution >= 0.6 is 24.8 Å². The third-order valence-electron chi connectivity index (χ3n) is 4.88. The van der Waals surface area contributed by atoms with Gasteiger partial charge >= 0.3 is 0 Å². The summed E-state index contributed by atoms with van der Waals surface area (Å²) in [6.45, 7) is 2.31. The average Bonchev–Trinajstić information content (AvgIpc) is 3.25. The first-order chi connectivity index (χ1) is 11.7. The van der Waals surface area contributed by atoms with Gasteiger partial charge < -0.3 is 20.0 Å². The van der Waals surface area contributed by atoms with Crippen LogP contribution in [0.25, 0.3) is 10.9 Å². The molecule has 0 amide bonds. The van der Waals surface area contributed by atoms with E-state index in [1.807, 2.05) is 18.2 Å². The molecule has 1 aromatic carbocycles. The van der Waals surface area contributed by atoms with E-state index in [2.05, 4.69) is 40.3 Å². The number of fused-ring (bicyclic) bond motifs is 1. The molecule has 0 unspecified atom stereocenters. The molecule has 1 aliphatic rings. The van der Waals surface area contributed by atoms with Crippen LogP contribution in [0.5, 0.6) is 0 Å². The number of piperidine rings is 1. The van der Waals surface area contributed by atoms with Crippen molar-refractivity contribution in [2.75, 3.05) is 20.1 Å². The van der Waals surface area contributed by atoms with E-state index in [1.165, 1.54) is 23.8 Å². The molecular formula is C19H24Cl2N4O. The van der Waals surface area contributed by atoms with E-state index in [4.69, 9.17) is 10.2 Å². The molecule has 0 bridgehead atoms. The smallest absolute Gasteiger partial charge is 0.168 e. The molecule has 7 heteroatoms. The highest BCUT2D eigenvalue weighted by atomic mass is 35.5. The number of aliphatic imine (C=N–C) groups is 1. The monoisotopic (exact) mass is 394 g/mol. The highest BCUT2D eigenvalue weighted by Gasteiger charge is 2.21. The molecule has 3 heterocycles. The molecule has 1 fully saturated rings. The van der Waals surface area contributed by atoms with Crippen LogP contribution in [-0.2, 0) is 0 Å². The summed E-state index contributed by atoms with van der Waals surface area (Å²) in [4.78, 5) is 10.3. The molecular weight excluding hydrogens is 371 g/mol. The maximum absolute atomic E-state index is 6.03. The topological polar surface area (TPSA) is 70.5 Å². The predicted molar refractivity (Wildman–Crippen MR) is 111 cm³/mol. The maximum atomic E-state index is 6.03. The van der Waals surface area contributed by atoms with Crippen LogP contribution in [0.2, 0.25) is 0 Å². The van der Waals surface area contributed by atoms with Crippen molar-refractivity contribution < 1.29 is 4.42 Å². The molecule has 5 nitrogen and oxygen atoms in total. The van der Waals surface area contributed by atoms with Crippen molar-refractivity contribution in [3.63, 3.8) is 0 Å². The molecule has 2 aromatic heterocycles. The average molecular weight is 395 g/mol. The van der Waals surface area contributed by atoms with Crippen LogP contribution in [0.3, 0.4) is 0 Å². The Kier molecular flexibility index (Phi) is 6.75. The predicted octanol–water partition coefficient (Wildman–Crippen LogP) is 4.45. The van der Waals surface area contributed by atoms with E-state index in [0.29, 0.717) is 17.5 Å². The van der Waals surface area contributed by atoms with Crippen molar-refractivity contribution in [3.05, 3.63) is 54.1 Å². The van der Waals surface area contributed by atoms with Gasteiger partial charge in [0.25, 0.3) is 0 Å². The van der Waals surface area contributed by atoms with Gasteiger partial charge in [0.2, 0.25) is 0 Å². The Labute approximate surface area is 165 Å². The van der Waals surface area contributed by atoms with Gasteiger partial charge in [-0.1, -0.05) is 0 Å². The van der Waals surface area contributed by atoms with Gasteiger partial charge in [-0.15, -0.1) is 24.8 Å². The number of halogens is 2. The summed E-state index contributed by atoms with van der Waals surface area (Å²) >= 11 is 0. The van der Waals surface area contributed by atoms with Gasteiger partial charge in [-0.3, -0.25) is 0 Å². The highest BCUT2D eigenvalue weighted by Crippen LogP contribution is 2.34. The Morgan fingerprint density at radius 1 is 1.23 bits per heavy atom. The summed E-state index contributed by atoms with van der Waals surface area (Å²) in [5, 5.41) is 1.25. The number of hydrogen-bond acceptors (Lipinski definition) is 3. The lowest BCUT2D eigenvalue weighted by atomic mass is 9.89. The number of H-pyrrole nitrogens is 1. The number of aromatic nitrogens is 1. The third-order valence-corrected chi connectivity index (χ3v) is 4.88. The molecule has 140 valence electrons. The Morgan fingerprint density at radius 2 is 2.00 bits per heavy atom. The van der Waals surface area contributed by atoms with Crippen LogP contribution < -0.4 is 5.73 Å². The Morgan fingerprint density at radius 3 is 2.69 bits per heavy atom. The lowest BCUT2D eigenvalue weighted by Gasteiger charge is -2.28. The van der Waals surface area contributed by atoms with Gasteiger partial charge in [0.15, 0.2) is 11.6 Å². The maximum Gasteiger partial charge on any atom is 0.168 e. The van der Waals surface area contributed by atoms with Crippen molar-refractivity contribution in [1.82, 2.24) is 9.88 Å². The number of amidine groups is 1. The third kappa shape index (κ3) is 4.06. The minimum Gasteiger partial charge on any atom is -0.461 e. The van der Waals surface area contributed by atoms with Crippen molar-refractivity contribution in [2.45, 2.75) is 18.8 Å². The quantitative estimate of drug-likeness (QED) is 0.509. The molecule has 0 radical (unpaired) electrons. The Bertz CT molecular complexity index is 865. The zero-order chi connectivity index (χ0) is 16.5. The van der Waals surface area contributed by atoms with Crippen molar-refractivity contribution >= 4 is 47.2 Å². The van der Waals surface area contributed by atoms with Crippen molar-refractivity contribution in [3.8, 4) is 0 Å². The molecule has 0 aliphatic carbocycles. The minimum absolute atomic E-state index is 0. The number of nitrogens with one attached hydrogen (secondary N) is 1. The fourth-order valence-corrected chi connectivity index (χ4v) is 3.48. The number of benzene rings is 1. The van der Waals surface area contributed by atoms with E-state index in [-0.39, 0.29) is 24.8 Å². The lowest BCUT2D eigenvalue weighted by Crippen LogP contribution is -2.29. The minimum atomic E-state index is 0. The summed E-state index contributed by atoms with van der Waals surface area (Å²) in [7, 11) is 2.19. The second kappa shape index (κ2) is 8.62. The van der Waals surface area contributed by atoms with Gasteiger partial charge in [0.05, 0.1) is 12.0 Å². The standard InChI is InChI=1S/C19H22N4O.2ClH/c1-23-8-6-13(7-9-23)16-12-21-17-5-4-14(11-15(16)17)22-19(20)18-3-2-10-24-18;;/h2-5,10-13,21H,6-9H2,1H3,(H2,20,22);2*1H. The first kappa shape index (κ1) is 20.4. The van der Waals surface area contributed by atoms with Gasteiger partial charge in [0.1, 0.15) is 0 Å². The van der Waals surface area contributed by atoms with Gasteiger partial charge in [-0.2, -0.15) is 0 Å². The highest BCUT2D eigenvalue weighted by molar-refractivity contribution is 5.97. The molecule has 26 heavy (non-hydrogen) atoms. The summed E-state index contributed by atoms with van der Waals surface area (Å²) in [6, 6.07) is 9.80. The largest absolute Gasteiger partial charge is 0.461 e. The lowest BCUT2D eigenvalue weighted by molar-refractivity contribution is 0.256. The fourth-order valence-electron chi connectivity index (χ4n) is 3.48. The molecule has 3 aromatic rings. The van der Waals surface area contributed by atoms with E-state index >= 15 is 0 Å². The van der Waals surface area contributed by atoms with Crippen molar-refractivity contribution in [1.29, 1.82) is 0 Å². The van der Waals surface area contributed by atoms with Crippen LogP contribution in [0.15, 0.2) is 52.2 Å². The molecule has 4 rings (SSSR count). The molecule has 1 saturated heterocycles. The molecule has 0 spiro atoms. The van der Waals surface area contributed by atoms with E-state index in [1.54, 1.807) is 6.26 Å². The van der Waals surface area contributed by atoms with Crippen LogP contribution in [0.4, 0.5) is 5.69 Å². The molecule has 0 atom stereocenters. The SMILES string of the molecule is CN1CCC(c2c[nH]c3ccc(N=C(N)c4ccco4)cc23)CC1.Cl.Cl. The molecule has 1 aliphatic heterocycles. The van der Waals surface area contributed by atoms with Crippen molar-refractivity contribution in [2.24, 2.45) is 10.7 Å². The van der Waals surface area contributed by atoms with E-state index in [9.17, 15) is 0 Å². The first-order valence-electron chi connectivity index (χ1n) is 8.38.